The molecule has 6 heteroatoms. The molecule has 0 bridgehead atoms. The number of rotatable bonds is 6. The number of nitrogens with zero attached hydrogens (tertiary/aromatic N) is 2. The van der Waals surface area contributed by atoms with Crippen LogP contribution in [0.1, 0.15) is 16.8 Å². The summed E-state index contributed by atoms with van der Waals surface area (Å²) in [6.07, 6.45) is 2.83. The monoisotopic (exact) mass is 257 g/mol. The summed E-state index contributed by atoms with van der Waals surface area (Å²) in [6, 6.07) is -0.601. The molecule has 17 heavy (non-hydrogen) atoms. The van der Waals surface area contributed by atoms with Crippen molar-refractivity contribution in [1.82, 2.24) is 9.88 Å². The summed E-state index contributed by atoms with van der Waals surface area (Å²) in [5.41, 5.74) is 5.68. The summed E-state index contributed by atoms with van der Waals surface area (Å²) in [5.74, 6) is -0.125. The normalized spacial score (nSPS) is 12.5. The molecule has 0 aliphatic heterocycles. The summed E-state index contributed by atoms with van der Waals surface area (Å²) in [6.45, 7) is 2.82. The molecule has 1 atom stereocenters. The summed E-state index contributed by atoms with van der Waals surface area (Å²) in [5, 5.41) is 0.933. The molecule has 5 nitrogen and oxygen atoms in total. The molecule has 1 rings (SSSR count). The van der Waals surface area contributed by atoms with Gasteiger partial charge in [-0.05, 0) is 6.42 Å². The summed E-state index contributed by atoms with van der Waals surface area (Å²) < 4.78 is 4.86. The second kappa shape index (κ2) is 6.68. The Balaban J connectivity index is 2.53. The van der Waals surface area contributed by atoms with Gasteiger partial charge in [0.05, 0.1) is 13.2 Å². The SMILES string of the molecule is CCc1cnc(CN(C)C(=O)C(N)COC)s1. The fourth-order valence-electron chi connectivity index (χ4n) is 1.40. The topological polar surface area (TPSA) is 68.5 Å². The van der Waals surface area contributed by atoms with Crippen LogP contribution in [0.25, 0.3) is 0 Å². The van der Waals surface area contributed by atoms with Crippen molar-refractivity contribution >= 4 is 17.2 Å². The van der Waals surface area contributed by atoms with Gasteiger partial charge in [0.25, 0.3) is 0 Å². The van der Waals surface area contributed by atoms with E-state index in [9.17, 15) is 4.79 Å². The Morgan fingerprint density at radius 3 is 2.94 bits per heavy atom. The number of hydrogen-bond acceptors (Lipinski definition) is 5. The van der Waals surface area contributed by atoms with Crippen LogP contribution in [0.4, 0.5) is 0 Å². The van der Waals surface area contributed by atoms with E-state index < -0.39 is 6.04 Å². The lowest BCUT2D eigenvalue weighted by Crippen LogP contribution is -2.44. The first-order valence-corrected chi connectivity index (χ1v) is 6.33. The van der Waals surface area contributed by atoms with E-state index in [0.29, 0.717) is 6.54 Å². The highest BCUT2D eigenvalue weighted by Crippen LogP contribution is 2.15. The van der Waals surface area contributed by atoms with Crippen LogP contribution < -0.4 is 5.73 Å². The van der Waals surface area contributed by atoms with Crippen LogP contribution in [0.2, 0.25) is 0 Å². The molecule has 1 heterocycles. The van der Waals surface area contributed by atoms with Crippen molar-refractivity contribution in [3.8, 4) is 0 Å². The van der Waals surface area contributed by atoms with Gasteiger partial charge in [-0.15, -0.1) is 11.3 Å². The van der Waals surface area contributed by atoms with Crippen LogP contribution in [0.15, 0.2) is 6.20 Å². The summed E-state index contributed by atoms with van der Waals surface area (Å²) in [7, 11) is 3.26. The van der Waals surface area contributed by atoms with E-state index in [4.69, 9.17) is 10.5 Å². The Kier molecular flexibility index (Phi) is 5.54. The van der Waals surface area contributed by atoms with Crippen molar-refractivity contribution in [3.63, 3.8) is 0 Å². The van der Waals surface area contributed by atoms with Crippen LogP contribution in [-0.4, -0.2) is 42.6 Å². The largest absolute Gasteiger partial charge is 0.383 e. The van der Waals surface area contributed by atoms with E-state index in [1.807, 2.05) is 6.20 Å². The minimum Gasteiger partial charge on any atom is -0.383 e. The maximum atomic E-state index is 11.8. The minimum absolute atomic E-state index is 0.125. The first-order chi connectivity index (χ1) is 8.08. The molecule has 0 saturated carbocycles. The number of ether oxygens (including phenoxy) is 1. The van der Waals surface area contributed by atoms with Crippen molar-refractivity contribution in [2.24, 2.45) is 5.73 Å². The van der Waals surface area contributed by atoms with Crippen LogP contribution in [0.3, 0.4) is 0 Å². The molecule has 0 spiro atoms. The summed E-state index contributed by atoms with van der Waals surface area (Å²) in [4.78, 5) is 18.9. The number of likely N-dealkylation sites (N-methyl/N-ethyl adjacent to an activating group) is 1. The van der Waals surface area contributed by atoms with E-state index in [0.717, 1.165) is 11.4 Å². The number of amides is 1. The predicted octanol–water partition coefficient (Wildman–Crippen LogP) is 0.638. The average molecular weight is 257 g/mol. The van der Waals surface area contributed by atoms with E-state index >= 15 is 0 Å². The van der Waals surface area contributed by atoms with Crippen molar-refractivity contribution in [3.05, 3.63) is 16.1 Å². The molecule has 0 radical (unpaired) electrons. The van der Waals surface area contributed by atoms with Gasteiger partial charge in [-0.2, -0.15) is 0 Å². The van der Waals surface area contributed by atoms with E-state index in [1.54, 1.807) is 23.3 Å². The average Bonchev–Trinajstić information content (AvgIpc) is 2.76. The molecular weight excluding hydrogens is 238 g/mol. The smallest absolute Gasteiger partial charge is 0.241 e. The highest BCUT2D eigenvalue weighted by Gasteiger charge is 2.18. The molecule has 0 fully saturated rings. The molecule has 0 aliphatic rings. The Morgan fingerprint density at radius 1 is 1.71 bits per heavy atom. The lowest BCUT2D eigenvalue weighted by molar-refractivity contribution is -0.132. The number of thiazole rings is 1. The first kappa shape index (κ1) is 14.1. The number of carbonyl (C=O) groups is 1. The molecular formula is C11H19N3O2S. The van der Waals surface area contributed by atoms with Crippen molar-refractivity contribution in [2.75, 3.05) is 20.8 Å². The Morgan fingerprint density at radius 2 is 2.41 bits per heavy atom. The molecule has 1 unspecified atom stereocenters. The molecule has 2 N–H and O–H groups in total. The molecule has 0 saturated heterocycles. The molecule has 1 aromatic heterocycles. The zero-order valence-corrected chi connectivity index (χ0v) is 11.3. The van der Waals surface area contributed by atoms with Crippen molar-refractivity contribution < 1.29 is 9.53 Å². The van der Waals surface area contributed by atoms with Crippen molar-refractivity contribution in [1.29, 1.82) is 0 Å². The minimum atomic E-state index is -0.601. The molecule has 1 amide bonds. The van der Waals surface area contributed by atoms with Gasteiger partial charge in [-0.3, -0.25) is 4.79 Å². The third-order valence-electron chi connectivity index (χ3n) is 2.36. The fourth-order valence-corrected chi connectivity index (χ4v) is 2.32. The van der Waals surface area contributed by atoms with Gasteiger partial charge in [0.2, 0.25) is 5.91 Å². The number of hydrogen-bond donors (Lipinski definition) is 1. The van der Waals surface area contributed by atoms with Gasteiger partial charge in [-0.1, -0.05) is 6.92 Å². The highest BCUT2D eigenvalue weighted by atomic mass is 32.1. The Bertz CT molecular complexity index is 367. The van der Waals surface area contributed by atoms with Gasteiger partial charge in [-0.25, -0.2) is 4.98 Å². The van der Waals surface area contributed by atoms with Gasteiger partial charge >= 0.3 is 0 Å². The van der Waals surface area contributed by atoms with Gasteiger partial charge in [0.1, 0.15) is 11.0 Å². The number of methoxy groups -OCH3 is 1. The number of carbonyl (C=O) groups excluding carboxylic acids is 1. The second-order valence-corrected chi connectivity index (χ2v) is 5.03. The Labute approximate surface area is 106 Å². The first-order valence-electron chi connectivity index (χ1n) is 5.51. The standard InChI is InChI=1S/C11H19N3O2S/c1-4-8-5-13-10(17-8)6-14(2)11(15)9(12)7-16-3/h5,9H,4,6-7,12H2,1-3H3. The molecule has 96 valence electrons. The maximum absolute atomic E-state index is 11.8. The van der Waals surface area contributed by atoms with E-state index in [1.165, 1.54) is 12.0 Å². The lowest BCUT2D eigenvalue weighted by Gasteiger charge is -2.19. The van der Waals surface area contributed by atoms with E-state index in [2.05, 4.69) is 11.9 Å². The highest BCUT2D eigenvalue weighted by molar-refractivity contribution is 7.11. The number of aromatic nitrogens is 1. The molecule has 1 aromatic rings. The number of nitrogens with two attached hydrogens (primary N) is 1. The van der Waals surface area contributed by atoms with Gasteiger partial charge < -0.3 is 15.4 Å². The predicted molar refractivity (Wildman–Crippen MR) is 67.8 cm³/mol. The summed E-state index contributed by atoms with van der Waals surface area (Å²) >= 11 is 1.63. The Hall–Kier alpha value is -0.980. The third-order valence-corrected chi connectivity index (χ3v) is 3.49. The fraction of sp³-hybridized carbons (Fsp3) is 0.636. The van der Waals surface area contributed by atoms with Crippen LogP contribution in [0.5, 0.6) is 0 Å². The molecule has 0 aromatic carbocycles. The molecule has 0 aliphatic carbocycles. The van der Waals surface area contributed by atoms with Crippen LogP contribution >= 0.6 is 11.3 Å². The number of aryl methyl sites for hydroxylation is 1. The van der Waals surface area contributed by atoms with Crippen molar-refractivity contribution in [2.45, 2.75) is 25.9 Å². The third kappa shape index (κ3) is 4.07. The van der Waals surface area contributed by atoms with Gasteiger partial charge in [0, 0.05) is 25.2 Å². The maximum Gasteiger partial charge on any atom is 0.241 e. The van der Waals surface area contributed by atoms with E-state index in [-0.39, 0.29) is 12.5 Å². The van der Waals surface area contributed by atoms with Crippen LogP contribution in [0, 0.1) is 0 Å². The quantitative estimate of drug-likeness (QED) is 0.812. The zero-order chi connectivity index (χ0) is 12.8. The lowest BCUT2D eigenvalue weighted by atomic mass is 10.3. The van der Waals surface area contributed by atoms with Gasteiger partial charge in [0.15, 0.2) is 0 Å². The van der Waals surface area contributed by atoms with Crippen LogP contribution in [-0.2, 0) is 22.5 Å². The second-order valence-electron chi connectivity index (χ2n) is 3.83. The zero-order valence-electron chi connectivity index (χ0n) is 10.5.